The molecule has 0 aromatic carbocycles. The maximum atomic E-state index is 8.43. The fourth-order valence-electron chi connectivity index (χ4n) is 14.2. The molecule has 0 radical (unpaired) electrons. The van der Waals surface area contributed by atoms with Crippen LogP contribution in [-0.2, 0) is 54.1 Å². The lowest BCUT2D eigenvalue weighted by atomic mass is 10.4. The summed E-state index contributed by atoms with van der Waals surface area (Å²) in [6, 6.07) is 0.515. The maximum absolute atomic E-state index is 8.43. The highest BCUT2D eigenvalue weighted by Crippen LogP contribution is 2.66. The minimum absolute atomic E-state index is 0.0294. The standard InChI is InChI=1S/C38H68O13Si8/c1-2-16-32(15-1)53-40-52(30-31-29-39-31)41-54(33-17-3-4-18-33)45-56(43-53,35-21-7-8-22-35)49-59(38-27-13-14-28-38)50-57(44-53,36-23-9-10-24-36)46-55(42-52,34-19-5-6-20-34)48-58(47-54,51-59)37-25-11-12-26-37/h31-38H,1-30H2/t31-,52?,53?,54?,55?,56?,57?,58?,59?/m0/s1. The zero-order valence-corrected chi connectivity index (χ0v) is 43.1. The molecule has 7 aliphatic carbocycles. The molecule has 7 saturated carbocycles. The van der Waals surface area contributed by atoms with Crippen molar-refractivity contribution >= 4 is 70.4 Å². The van der Waals surface area contributed by atoms with Gasteiger partial charge in [0.25, 0.3) is 0 Å². The number of ether oxygens (including phenoxy) is 1. The van der Waals surface area contributed by atoms with Crippen molar-refractivity contribution in [3.63, 3.8) is 0 Å². The minimum Gasteiger partial charge on any atom is -0.373 e. The molecule has 0 unspecified atom stereocenters. The highest BCUT2D eigenvalue weighted by Gasteiger charge is 2.88. The van der Waals surface area contributed by atoms with Crippen molar-refractivity contribution in [1.82, 2.24) is 0 Å². The summed E-state index contributed by atoms with van der Waals surface area (Å²) in [5.74, 6) is 0. The van der Waals surface area contributed by atoms with E-state index in [9.17, 15) is 0 Å². The Morgan fingerprint density at radius 2 is 0.424 bits per heavy atom. The largest absolute Gasteiger partial charge is 0.482 e. The van der Waals surface area contributed by atoms with E-state index in [1.165, 1.54) is 0 Å². The number of hydrogen-bond donors (Lipinski definition) is 0. The Morgan fingerprint density at radius 3 is 0.593 bits per heavy atom. The predicted molar refractivity (Wildman–Crippen MR) is 229 cm³/mol. The molecule has 14 aliphatic rings. The molecule has 0 N–H and O–H groups in total. The Morgan fingerprint density at radius 1 is 0.254 bits per heavy atom. The molecule has 14 rings (SSSR count). The van der Waals surface area contributed by atoms with E-state index in [-0.39, 0.29) is 44.9 Å². The zero-order valence-electron chi connectivity index (χ0n) is 35.1. The van der Waals surface area contributed by atoms with E-state index in [0.717, 1.165) is 180 Å². The monoisotopic (exact) mass is 956 g/mol. The average Bonchev–Trinajstić information content (AvgIpc) is 4.03. The van der Waals surface area contributed by atoms with Gasteiger partial charge in [0.05, 0.1) is 12.7 Å². The molecule has 13 nitrogen and oxygen atoms in total. The lowest BCUT2D eigenvalue weighted by Gasteiger charge is -2.66. The first-order chi connectivity index (χ1) is 28.8. The first-order valence-electron chi connectivity index (χ1n) is 24.8. The zero-order chi connectivity index (χ0) is 39.0. The normalized spacial score (nSPS) is 51.6. The summed E-state index contributed by atoms with van der Waals surface area (Å²) in [4.78, 5) is 0. The number of epoxide rings is 1. The minimum atomic E-state index is -3.91. The van der Waals surface area contributed by atoms with Crippen LogP contribution in [-0.4, -0.2) is 83.1 Å². The van der Waals surface area contributed by atoms with Crippen LogP contribution in [0.4, 0.5) is 0 Å². The molecule has 1 atom stereocenters. The van der Waals surface area contributed by atoms with Crippen LogP contribution in [0, 0.1) is 0 Å². The molecular weight excluding hydrogens is 889 g/mol. The molecule has 0 aromatic rings. The fraction of sp³-hybridized carbons (Fsp3) is 1.00. The molecule has 330 valence electrons. The Labute approximate surface area is 360 Å². The Bertz CT molecular complexity index is 1410. The van der Waals surface area contributed by atoms with Crippen LogP contribution in [0.25, 0.3) is 0 Å². The molecule has 7 heterocycles. The van der Waals surface area contributed by atoms with Gasteiger partial charge in [-0.25, -0.2) is 0 Å². The summed E-state index contributed by atoms with van der Waals surface area (Å²) in [5.41, 5.74) is 0.491. The van der Waals surface area contributed by atoms with Crippen molar-refractivity contribution in [3.8, 4) is 0 Å². The van der Waals surface area contributed by atoms with Crippen LogP contribution < -0.4 is 0 Å². The molecule has 21 heteroatoms. The molecule has 14 fully saturated rings. The van der Waals surface area contributed by atoms with Gasteiger partial charge in [-0.1, -0.05) is 89.9 Å². The fourth-order valence-corrected chi connectivity index (χ4v) is 70.3. The molecule has 0 spiro atoms. The summed E-state index contributed by atoms with van der Waals surface area (Å²) >= 11 is 0. The molecule has 0 aromatic heterocycles. The van der Waals surface area contributed by atoms with Gasteiger partial charge >= 0.3 is 70.4 Å². The molecule has 7 saturated heterocycles. The molecule has 7 aliphatic heterocycles. The predicted octanol–water partition coefficient (Wildman–Crippen LogP) is 9.77. The van der Waals surface area contributed by atoms with Gasteiger partial charge in [-0.05, 0) is 89.9 Å². The number of rotatable bonds is 9. The van der Waals surface area contributed by atoms with Crippen molar-refractivity contribution in [3.05, 3.63) is 0 Å². The quantitative estimate of drug-likeness (QED) is 0.161. The molecular formula is C38H68O13Si8. The van der Waals surface area contributed by atoms with E-state index in [1.54, 1.807) is 0 Å². The summed E-state index contributed by atoms with van der Waals surface area (Å²) in [5, 5.41) is 0. The van der Waals surface area contributed by atoms with Gasteiger partial charge in [-0.15, -0.1) is 0 Å². The highest BCUT2D eigenvalue weighted by atomic mass is 28.6. The average molecular weight is 958 g/mol. The Kier molecular flexibility index (Phi) is 10.2. The van der Waals surface area contributed by atoms with Gasteiger partial charge in [0.15, 0.2) is 0 Å². The topological polar surface area (TPSA) is 123 Å². The van der Waals surface area contributed by atoms with E-state index in [1.807, 2.05) is 0 Å². The summed E-state index contributed by atoms with van der Waals surface area (Å²) < 4.78 is 107. The first-order valence-corrected chi connectivity index (χ1v) is 39.4. The Balaban J connectivity index is 1.13. The lowest BCUT2D eigenvalue weighted by molar-refractivity contribution is -0.0459. The molecule has 0 amide bonds. The van der Waals surface area contributed by atoms with Crippen LogP contribution >= 0.6 is 0 Å². The van der Waals surface area contributed by atoms with E-state index in [2.05, 4.69) is 0 Å². The van der Waals surface area contributed by atoms with Crippen molar-refractivity contribution in [2.24, 2.45) is 0 Å². The first kappa shape index (κ1) is 40.5. The Hall–Kier alpha value is 1.22. The number of hydrogen-bond acceptors (Lipinski definition) is 13. The second-order valence-electron chi connectivity index (χ2n) is 21.2. The van der Waals surface area contributed by atoms with Crippen LogP contribution in [0.1, 0.15) is 180 Å². The maximum Gasteiger partial charge on any atom is 0.482 e. The van der Waals surface area contributed by atoms with Gasteiger partial charge < -0.3 is 54.1 Å². The smallest absolute Gasteiger partial charge is 0.373 e. The van der Waals surface area contributed by atoms with Gasteiger partial charge in [0.2, 0.25) is 0 Å². The van der Waals surface area contributed by atoms with E-state index in [0.29, 0.717) is 12.7 Å². The molecule has 8 bridgehead atoms. The van der Waals surface area contributed by atoms with E-state index < -0.39 is 70.4 Å². The van der Waals surface area contributed by atoms with E-state index >= 15 is 0 Å². The van der Waals surface area contributed by atoms with Crippen molar-refractivity contribution in [1.29, 1.82) is 0 Å². The van der Waals surface area contributed by atoms with Crippen LogP contribution in [0.15, 0.2) is 0 Å². The van der Waals surface area contributed by atoms with E-state index in [4.69, 9.17) is 54.1 Å². The third kappa shape index (κ3) is 6.54. The van der Waals surface area contributed by atoms with Crippen LogP contribution in [0.2, 0.25) is 44.8 Å². The second-order valence-corrected chi connectivity index (χ2v) is 46.9. The third-order valence-electron chi connectivity index (χ3n) is 17.3. The summed E-state index contributed by atoms with van der Waals surface area (Å²) in [6.45, 7) is 0.664. The van der Waals surface area contributed by atoms with Gasteiger partial charge in [-0.2, -0.15) is 0 Å². The second kappa shape index (κ2) is 14.9. The summed E-state index contributed by atoms with van der Waals surface area (Å²) in [6.07, 6.45) is 29.4. The summed E-state index contributed by atoms with van der Waals surface area (Å²) in [7, 11) is -31.0. The lowest BCUT2D eigenvalue weighted by Crippen LogP contribution is -2.90. The SMILES string of the molecule is C1CCC([Si]23O[Si]4(C[C@@H]5CO5)O[Si]5(C6CCCC6)O[Si](C6CCCC6)(O2)O[Si]2(C6CCCC6)O[Si](C6CCCC6)(O3)O[Si](C3CCCC3)(O4)O[Si](C3CCCC3)(O5)O2)C1. The third-order valence-corrected chi connectivity index (χ3v) is 56.9. The van der Waals surface area contributed by atoms with Gasteiger partial charge in [0.1, 0.15) is 0 Å². The van der Waals surface area contributed by atoms with Crippen molar-refractivity contribution in [2.45, 2.75) is 231 Å². The van der Waals surface area contributed by atoms with Gasteiger partial charge in [0, 0.05) is 44.8 Å². The van der Waals surface area contributed by atoms with Crippen molar-refractivity contribution < 1.29 is 54.1 Å². The van der Waals surface area contributed by atoms with Crippen molar-refractivity contribution in [2.75, 3.05) is 6.61 Å². The molecule has 59 heavy (non-hydrogen) atoms. The highest BCUT2D eigenvalue weighted by molar-refractivity contribution is 7.04. The van der Waals surface area contributed by atoms with Gasteiger partial charge in [-0.3, -0.25) is 0 Å². The van der Waals surface area contributed by atoms with Crippen LogP contribution in [0.5, 0.6) is 0 Å². The van der Waals surface area contributed by atoms with Crippen LogP contribution in [0.3, 0.4) is 0 Å².